The monoisotopic (exact) mass is 511 g/mol. The van der Waals surface area contributed by atoms with Crippen LogP contribution in [-0.4, -0.2) is 50.5 Å². The molecule has 0 aliphatic carbocycles. The van der Waals surface area contributed by atoms with E-state index in [0.717, 1.165) is 12.7 Å². The van der Waals surface area contributed by atoms with Crippen molar-refractivity contribution in [2.75, 3.05) is 23.7 Å². The van der Waals surface area contributed by atoms with E-state index in [1.54, 1.807) is 43.3 Å². The van der Waals surface area contributed by atoms with E-state index in [9.17, 15) is 22.4 Å². The first-order valence-corrected chi connectivity index (χ1v) is 13.3. The summed E-state index contributed by atoms with van der Waals surface area (Å²) in [4.78, 5) is 27.1. The third kappa shape index (κ3) is 8.29. The molecule has 0 saturated heterocycles. The van der Waals surface area contributed by atoms with Gasteiger partial charge >= 0.3 is 0 Å². The van der Waals surface area contributed by atoms with Crippen molar-refractivity contribution in [1.29, 1.82) is 0 Å². The van der Waals surface area contributed by atoms with Gasteiger partial charge in [-0.3, -0.25) is 13.9 Å². The SMILES string of the molecule is CCCNC(=O)C(C)N(Cc1ccc(F)cc1)C(=O)CCCN(c1cccc(Cl)c1)S(C)(=O)=O. The van der Waals surface area contributed by atoms with E-state index in [4.69, 9.17) is 11.6 Å². The van der Waals surface area contributed by atoms with Crippen LogP contribution >= 0.6 is 11.6 Å². The number of nitrogens with zero attached hydrogens (tertiary/aromatic N) is 2. The van der Waals surface area contributed by atoms with Crippen molar-refractivity contribution >= 4 is 39.1 Å². The summed E-state index contributed by atoms with van der Waals surface area (Å²) in [6, 6.07) is 11.5. The number of amides is 2. The molecule has 1 atom stereocenters. The predicted octanol–water partition coefficient (Wildman–Crippen LogP) is 3.97. The molecule has 2 rings (SSSR count). The van der Waals surface area contributed by atoms with Crippen molar-refractivity contribution in [3.05, 3.63) is 64.9 Å². The second kappa shape index (κ2) is 12.7. The van der Waals surface area contributed by atoms with Crippen molar-refractivity contribution in [3.8, 4) is 0 Å². The van der Waals surface area contributed by atoms with Gasteiger partial charge in [0.05, 0.1) is 11.9 Å². The van der Waals surface area contributed by atoms with Crippen molar-refractivity contribution in [3.63, 3.8) is 0 Å². The summed E-state index contributed by atoms with van der Waals surface area (Å²) in [6.45, 7) is 4.27. The summed E-state index contributed by atoms with van der Waals surface area (Å²) < 4.78 is 39.2. The third-order valence-corrected chi connectivity index (χ3v) is 6.66. The highest BCUT2D eigenvalue weighted by atomic mass is 35.5. The molecule has 0 radical (unpaired) electrons. The van der Waals surface area contributed by atoms with Gasteiger partial charge in [-0.15, -0.1) is 0 Å². The van der Waals surface area contributed by atoms with Crippen LogP contribution in [0.2, 0.25) is 5.02 Å². The molecule has 0 saturated carbocycles. The molecule has 7 nitrogen and oxygen atoms in total. The highest BCUT2D eigenvalue weighted by Gasteiger charge is 2.26. The fourth-order valence-electron chi connectivity index (χ4n) is 3.40. The second-order valence-electron chi connectivity index (χ2n) is 8.03. The summed E-state index contributed by atoms with van der Waals surface area (Å²) in [5, 5.41) is 3.19. The summed E-state index contributed by atoms with van der Waals surface area (Å²) in [5.41, 5.74) is 1.10. The number of nitrogens with one attached hydrogen (secondary N) is 1. The Bertz CT molecular complexity index is 1080. The summed E-state index contributed by atoms with van der Waals surface area (Å²) in [5.74, 6) is -0.978. The Morgan fingerprint density at radius 1 is 1.15 bits per heavy atom. The van der Waals surface area contributed by atoms with Gasteiger partial charge in [0, 0.05) is 31.1 Å². The molecule has 1 N–H and O–H groups in total. The first-order chi connectivity index (χ1) is 16.0. The van der Waals surface area contributed by atoms with E-state index in [0.29, 0.717) is 22.8 Å². The van der Waals surface area contributed by atoms with Gasteiger partial charge in [0.15, 0.2) is 0 Å². The number of carbonyl (C=O) groups excluding carboxylic acids is 2. The minimum atomic E-state index is -3.60. The van der Waals surface area contributed by atoms with Crippen LogP contribution in [0, 0.1) is 5.82 Å². The molecule has 10 heteroatoms. The molecule has 0 aliphatic rings. The molecule has 0 bridgehead atoms. The van der Waals surface area contributed by atoms with Crippen molar-refractivity contribution in [2.24, 2.45) is 0 Å². The van der Waals surface area contributed by atoms with Crippen LogP contribution < -0.4 is 9.62 Å². The molecule has 2 aromatic carbocycles. The molecule has 186 valence electrons. The van der Waals surface area contributed by atoms with Crippen LogP contribution in [0.25, 0.3) is 0 Å². The smallest absolute Gasteiger partial charge is 0.242 e. The van der Waals surface area contributed by atoms with Gasteiger partial charge in [-0.05, 0) is 55.7 Å². The van der Waals surface area contributed by atoms with E-state index in [-0.39, 0.29) is 37.7 Å². The molecule has 34 heavy (non-hydrogen) atoms. The Hall–Kier alpha value is -2.65. The number of hydrogen-bond acceptors (Lipinski definition) is 4. The number of anilines is 1. The molecule has 2 aromatic rings. The van der Waals surface area contributed by atoms with Crippen LogP contribution in [0.15, 0.2) is 48.5 Å². The normalized spacial score (nSPS) is 12.1. The van der Waals surface area contributed by atoms with Crippen LogP contribution in [0.3, 0.4) is 0 Å². The molecule has 2 amide bonds. The lowest BCUT2D eigenvalue weighted by Gasteiger charge is -2.29. The van der Waals surface area contributed by atoms with E-state index >= 15 is 0 Å². The largest absolute Gasteiger partial charge is 0.354 e. The number of carbonyl (C=O) groups is 2. The lowest BCUT2D eigenvalue weighted by molar-refractivity contribution is -0.140. The zero-order valence-corrected chi connectivity index (χ0v) is 21.2. The minimum Gasteiger partial charge on any atom is -0.354 e. The lowest BCUT2D eigenvalue weighted by Crippen LogP contribution is -2.47. The molecule has 0 aliphatic heterocycles. The topological polar surface area (TPSA) is 86.8 Å². The van der Waals surface area contributed by atoms with Gasteiger partial charge in [-0.2, -0.15) is 0 Å². The van der Waals surface area contributed by atoms with Gasteiger partial charge in [0.1, 0.15) is 11.9 Å². The van der Waals surface area contributed by atoms with Gasteiger partial charge in [-0.25, -0.2) is 12.8 Å². The Labute approximate surface area is 205 Å². The van der Waals surface area contributed by atoms with Crippen LogP contribution in [0.5, 0.6) is 0 Å². The molecule has 1 unspecified atom stereocenters. The highest BCUT2D eigenvalue weighted by molar-refractivity contribution is 7.92. The molecule has 0 fully saturated rings. The third-order valence-electron chi connectivity index (χ3n) is 5.23. The summed E-state index contributed by atoms with van der Waals surface area (Å²) in [7, 11) is -3.60. The number of sulfonamides is 1. The van der Waals surface area contributed by atoms with E-state index in [1.165, 1.54) is 21.3 Å². The first kappa shape index (κ1) is 27.6. The molecule has 0 aromatic heterocycles. The van der Waals surface area contributed by atoms with Gasteiger partial charge in [-0.1, -0.05) is 36.7 Å². The van der Waals surface area contributed by atoms with Crippen LogP contribution in [-0.2, 0) is 26.2 Å². The Morgan fingerprint density at radius 3 is 2.41 bits per heavy atom. The van der Waals surface area contributed by atoms with E-state index in [2.05, 4.69) is 5.32 Å². The fourth-order valence-corrected chi connectivity index (χ4v) is 4.54. The quantitative estimate of drug-likeness (QED) is 0.467. The predicted molar refractivity (Wildman–Crippen MR) is 133 cm³/mol. The summed E-state index contributed by atoms with van der Waals surface area (Å²) in [6.07, 6.45) is 2.12. The Balaban J connectivity index is 2.14. The number of benzene rings is 2. The molecule has 0 heterocycles. The minimum absolute atomic E-state index is 0.0270. The second-order valence-corrected chi connectivity index (χ2v) is 10.4. The van der Waals surface area contributed by atoms with E-state index < -0.39 is 21.9 Å². The van der Waals surface area contributed by atoms with Crippen molar-refractivity contribution in [1.82, 2.24) is 10.2 Å². The van der Waals surface area contributed by atoms with E-state index in [1.807, 2.05) is 6.92 Å². The van der Waals surface area contributed by atoms with Gasteiger partial charge in [0.2, 0.25) is 21.8 Å². The maximum Gasteiger partial charge on any atom is 0.242 e. The Morgan fingerprint density at radius 2 is 1.82 bits per heavy atom. The zero-order chi connectivity index (χ0) is 25.3. The Kier molecular flexibility index (Phi) is 10.3. The standard InChI is InChI=1S/C24H31ClFN3O4S/c1-4-14-27-24(31)18(2)28(17-19-10-12-21(26)13-11-19)23(30)9-6-15-29(34(3,32)33)22-8-5-7-20(25)16-22/h5,7-8,10-13,16,18H,4,6,9,14-15,17H2,1-3H3,(H,27,31). The highest BCUT2D eigenvalue weighted by Crippen LogP contribution is 2.22. The van der Waals surface area contributed by atoms with Crippen molar-refractivity contribution in [2.45, 2.75) is 45.7 Å². The summed E-state index contributed by atoms with van der Waals surface area (Å²) >= 11 is 6.01. The van der Waals surface area contributed by atoms with Gasteiger partial charge in [0.25, 0.3) is 0 Å². The molecular weight excluding hydrogens is 481 g/mol. The number of hydrogen-bond donors (Lipinski definition) is 1. The van der Waals surface area contributed by atoms with Gasteiger partial charge < -0.3 is 10.2 Å². The average Bonchev–Trinajstić information content (AvgIpc) is 2.78. The zero-order valence-electron chi connectivity index (χ0n) is 19.6. The average molecular weight is 512 g/mol. The lowest BCUT2D eigenvalue weighted by atomic mass is 10.1. The van der Waals surface area contributed by atoms with Crippen molar-refractivity contribution < 1.29 is 22.4 Å². The first-order valence-electron chi connectivity index (χ1n) is 11.1. The number of rotatable bonds is 12. The fraction of sp³-hybridized carbons (Fsp3) is 0.417. The molecule has 0 spiro atoms. The van der Waals surface area contributed by atoms with Crippen LogP contribution in [0.4, 0.5) is 10.1 Å². The number of halogens is 2. The molecular formula is C24H31ClFN3O4S. The maximum atomic E-state index is 13.3. The maximum absolute atomic E-state index is 13.3. The van der Waals surface area contributed by atoms with Crippen LogP contribution in [0.1, 0.15) is 38.7 Å².